The van der Waals surface area contributed by atoms with Gasteiger partial charge in [0.25, 0.3) is 5.91 Å². The van der Waals surface area contributed by atoms with Gasteiger partial charge in [0, 0.05) is 13.0 Å². The molecule has 0 saturated heterocycles. The van der Waals surface area contributed by atoms with Crippen LogP contribution >= 0.6 is 0 Å². The van der Waals surface area contributed by atoms with E-state index in [1.54, 1.807) is 6.07 Å². The molecule has 1 aliphatic rings. The van der Waals surface area contributed by atoms with Crippen LogP contribution in [0, 0.1) is 6.92 Å². The maximum Gasteiger partial charge on any atom is 0.287 e. The maximum absolute atomic E-state index is 12.8. The van der Waals surface area contributed by atoms with Gasteiger partial charge in [-0.25, -0.2) is 0 Å². The van der Waals surface area contributed by atoms with Gasteiger partial charge >= 0.3 is 0 Å². The fourth-order valence-corrected chi connectivity index (χ4v) is 5.54. The maximum atomic E-state index is 12.8. The fourth-order valence-electron chi connectivity index (χ4n) is 5.54. The van der Waals surface area contributed by atoms with Gasteiger partial charge in [0.05, 0.1) is 0 Å². The van der Waals surface area contributed by atoms with E-state index in [0.29, 0.717) is 25.1 Å². The number of ether oxygens (including phenoxy) is 1. The number of hydrogen-bond donors (Lipinski definition) is 1. The molecule has 0 aliphatic heterocycles. The zero-order chi connectivity index (χ0) is 27.6. The molecule has 0 bridgehead atoms. The summed E-state index contributed by atoms with van der Waals surface area (Å²) in [6, 6.07) is 26.1. The molecule has 1 N–H and O–H groups in total. The van der Waals surface area contributed by atoms with Gasteiger partial charge in [-0.05, 0) is 101 Å². The lowest BCUT2D eigenvalue weighted by Gasteiger charge is -2.42. The van der Waals surface area contributed by atoms with Crippen LogP contribution in [0.2, 0.25) is 0 Å². The van der Waals surface area contributed by atoms with Crippen LogP contribution in [0.15, 0.2) is 83.3 Å². The number of carbonyl (C=O) groups is 1. The second-order valence-electron chi connectivity index (χ2n) is 12.1. The quantitative estimate of drug-likeness (QED) is 0.254. The van der Waals surface area contributed by atoms with E-state index in [1.165, 1.54) is 35.1 Å². The van der Waals surface area contributed by atoms with Gasteiger partial charge in [0.15, 0.2) is 5.76 Å². The summed E-state index contributed by atoms with van der Waals surface area (Å²) in [6.07, 6.45) is 3.77. The van der Waals surface area contributed by atoms with Crippen molar-refractivity contribution in [3.63, 3.8) is 0 Å². The van der Waals surface area contributed by atoms with Crippen LogP contribution in [0.5, 0.6) is 11.5 Å². The molecule has 3 aromatic carbocycles. The number of carbonyl (C=O) groups excluding carboxylic acids is 1. The average Bonchev–Trinajstić information content (AvgIpc) is 3.37. The molecule has 4 aromatic rings. The topological polar surface area (TPSA) is 51.5 Å². The third-order valence-electron chi connectivity index (χ3n) is 8.14. The predicted molar refractivity (Wildman–Crippen MR) is 157 cm³/mol. The van der Waals surface area contributed by atoms with E-state index in [9.17, 15) is 4.79 Å². The lowest BCUT2D eigenvalue weighted by atomic mass is 9.62. The Labute approximate surface area is 232 Å². The highest BCUT2D eigenvalue weighted by Crippen LogP contribution is 2.46. The first-order valence-corrected chi connectivity index (χ1v) is 13.9. The van der Waals surface area contributed by atoms with Crippen molar-refractivity contribution >= 4 is 5.91 Å². The summed E-state index contributed by atoms with van der Waals surface area (Å²) in [7, 11) is 0. The summed E-state index contributed by atoms with van der Waals surface area (Å²) in [4.78, 5) is 12.8. The summed E-state index contributed by atoms with van der Waals surface area (Å²) < 4.78 is 11.9. The van der Waals surface area contributed by atoms with Crippen molar-refractivity contribution in [1.29, 1.82) is 0 Å². The number of rotatable bonds is 8. The number of para-hydroxylation sites is 1. The minimum absolute atomic E-state index is 0.161. The molecule has 4 nitrogen and oxygen atoms in total. The second-order valence-corrected chi connectivity index (χ2v) is 12.1. The average molecular weight is 522 g/mol. The van der Waals surface area contributed by atoms with Crippen LogP contribution in [0.4, 0.5) is 0 Å². The largest absolute Gasteiger partial charge is 0.457 e. The number of fused-ring (bicyclic) bond motifs is 1. The molecule has 39 heavy (non-hydrogen) atoms. The first-order valence-electron chi connectivity index (χ1n) is 13.9. The van der Waals surface area contributed by atoms with Gasteiger partial charge in [-0.3, -0.25) is 4.79 Å². The van der Waals surface area contributed by atoms with Gasteiger partial charge in [0.2, 0.25) is 0 Å². The van der Waals surface area contributed by atoms with Crippen molar-refractivity contribution in [3.8, 4) is 11.5 Å². The molecule has 0 unspecified atom stereocenters. The Morgan fingerprint density at radius 1 is 0.846 bits per heavy atom. The SMILES string of the molecule is Cc1cc2c(cc1Cc1ccc(C(=O)NCCc3cccc(Oc4ccccc4)c3)o1)C(C)(C)CCC2(C)C. The molecule has 0 radical (unpaired) electrons. The summed E-state index contributed by atoms with van der Waals surface area (Å²) >= 11 is 0. The van der Waals surface area contributed by atoms with Gasteiger partial charge in [-0.1, -0.05) is 70.2 Å². The smallest absolute Gasteiger partial charge is 0.287 e. The van der Waals surface area contributed by atoms with Crippen LogP contribution in [0.1, 0.15) is 84.7 Å². The minimum atomic E-state index is -0.192. The van der Waals surface area contributed by atoms with E-state index in [1.807, 2.05) is 60.7 Å². The predicted octanol–water partition coefficient (Wildman–Crippen LogP) is 8.29. The highest BCUT2D eigenvalue weighted by atomic mass is 16.5. The molecule has 4 heteroatoms. The summed E-state index contributed by atoms with van der Waals surface area (Å²) in [5.74, 6) is 2.55. The standard InChI is InChI=1S/C35H39NO3/c1-24-20-30-31(35(4,5)18-17-34(30,2)3)23-26(24)22-29-14-15-32(39-29)33(37)36-19-16-25-10-9-13-28(21-25)38-27-11-7-6-8-12-27/h6-15,20-21,23H,16-19,22H2,1-5H3,(H,36,37). The van der Waals surface area contributed by atoms with Crippen LogP contribution < -0.4 is 10.1 Å². The molecular formula is C35H39NO3. The Morgan fingerprint density at radius 2 is 1.54 bits per heavy atom. The van der Waals surface area contributed by atoms with Crippen molar-refractivity contribution in [2.75, 3.05) is 6.54 Å². The van der Waals surface area contributed by atoms with Gasteiger partial charge < -0.3 is 14.5 Å². The first kappa shape index (κ1) is 26.8. The fraction of sp³-hybridized carbons (Fsp3) is 0.343. The highest BCUT2D eigenvalue weighted by Gasteiger charge is 2.37. The van der Waals surface area contributed by atoms with Crippen LogP contribution in [-0.4, -0.2) is 12.5 Å². The molecule has 202 valence electrons. The zero-order valence-corrected chi connectivity index (χ0v) is 23.8. The molecule has 5 rings (SSSR count). The lowest BCUT2D eigenvalue weighted by molar-refractivity contribution is 0.0925. The molecule has 0 saturated carbocycles. The second kappa shape index (κ2) is 10.8. The molecule has 1 aliphatic carbocycles. The van der Waals surface area contributed by atoms with Crippen molar-refractivity contribution in [3.05, 3.63) is 118 Å². The first-order chi connectivity index (χ1) is 18.6. The van der Waals surface area contributed by atoms with E-state index in [4.69, 9.17) is 9.15 Å². The van der Waals surface area contributed by atoms with E-state index < -0.39 is 0 Å². The molecule has 0 spiro atoms. The van der Waals surface area contributed by atoms with Crippen molar-refractivity contribution < 1.29 is 13.9 Å². The summed E-state index contributed by atoms with van der Waals surface area (Å²) in [6.45, 7) is 12.1. The number of furan rings is 1. The summed E-state index contributed by atoms with van der Waals surface area (Å²) in [5, 5.41) is 2.99. The Morgan fingerprint density at radius 3 is 2.28 bits per heavy atom. The highest BCUT2D eigenvalue weighted by molar-refractivity contribution is 5.91. The number of amides is 1. The van der Waals surface area contributed by atoms with Gasteiger partial charge in [0.1, 0.15) is 17.3 Å². The van der Waals surface area contributed by atoms with Gasteiger partial charge in [-0.15, -0.1) is 0 Å². The van der Waals surface area contributed by atoms with Gasteiger partial charge in [-0.2, -0.15) is 0 Å². The third kappa shape index (κ3) is 6.11. The van der Waals surface area contributed by atoms with Crippen molar-refractivity contribution in [1.82, 2.24) is 5.32 Å². The molecule has 0 fully saturated rings. The Kier molecular flexibility index (Phi) is 7.40. The van der Waals surface area contributed by atoms with E-state index in [-0.39, 0.29) is 16.7 Å². The van der Waals surface area contributed by atoms with Crippen LogP contribution in [0.25, 0.3) is 0 Å². The number of hydrogen-bond acceptors (Lipinski definition) is 3. The monoisotopic (exact) mass is 521 g/mol. The van der Waals surface area contributed by atoms with Crippen LogP contribution in [0.3, 0.4) is 0 Å². The number of nitrogens with one attached hydrogen (secondary N) is 1. The zero-order valence-electron chi connectivity index (χ0n) is 23.8. The van der Waals surface area contributed by atoms with Crippen molar-refractivity contribution in [2.24, 2.45) is 0 Å². The molecular weight excluding hydrogens is 482 g/mol. The van der Waals surface area contributed by atoms with E-state index in [0.717, 1.165) is 22.8 Å². The van der Waals surface area contributed by atoms with E-state index in [2.05, 4.69) is 52.1 Å². The Balaban J connectivity index is 1.20. The Bertz CT molecular complexity index is 1460. The third-order valence-corrected chi connectivity index (χ3v) is 8.14. The molecule has 1 amide bonds. The normalized spacial score (nSPS) is 15.4. The van der Waals surface area contributed by atoms with E-state index >= 15 is 0 Å². The Hall–Kier alpha value is -3.79. The van der Waals surface area contributed by atoms with Crippen LogP contribution in [-0.2, 0) is 23.7 Å². The summed E-state index contributed by atoms with van der Waals surface area (Å²) in [5.41, 5.74) is 6.91. The van der Waals surface area contributed by atoms with Crippen molar-refractivity contribution in [2.45, 2.75) is 71.1 Å². The number of benzene rings is 3. The minimum Gasteiger partial charge on any atom is -0.457 e. The molecule has 0 atom stereocenters. The molecule has 1 heterocycles. The molecule has 1 aromatic heterocycles. The number of aryl methyl sites for hydroxylation is 1. The lowest BCUT2D eigenvalue weighted by Crippen LogP contribution is -2.34.